The van der Waals surface area contributed by atoms with Gasteiger partial charge in [-0.15, -0.1) is 0 Å². The summed E-state index contributed by atoms with van der Waals surface area (Å²) in [4.78, 5) is 0. The molecule has 0 heterocycles. The number of halogens is 1. The van der Waals surface area contributed by atoms with Gasteiger partial charge in [-0.2, -0.15) is 5.26 Å². The van der Waals surface area contributed by atoms with Crippen LogP contribution in [-0.2, 0) is 4.74 Å². The Morgan fingerprint density at radius 3 is 2.79 bits per heavy atom. The Balaban J connectivity index is 2.68. The Morgan fingerprint density at radius 1 is 1.36 bits per heavy atom. The van der Waals surface area contributed by atoms with E-state index >= 15 is 0 Å². The van der Waals surface area contributed by atoms with Crippen molar-refractivity contribution in [1.29, 1.82) is 5.26 Å². The van der Waals surface area contributed by atoms with Crippen LogP contribution in [0.15, 0.2) is 22.7 Å². The molecule has 0 saturated carbocycles. The van der Waals surface area contributed by atoms with E-state index in [1.165, 1.54) is 0 Å². The summed E-state index contributed by atoms with van der Waals surface area (Å²) in [6.07, 6.45) is 0. The summed E-state index contributed by atoms with van der Waals surface area (Å²) in [6.45, 7) is 1.02. The highest BCUT2D eigenvalue weighted by molar-refractivity contribution is 9.10. The Kier molecular flexibility index (Phi) is 4.44. The number of methoxy groups -OCH3 is 1. The van der Waals surface area contributed by atoms with Gasteiger partial charge in [-0.25, -0.2) is 0 Å². The van der Waals surface area contributed by atoms with Gasteiger partial charge in [-0.3, -0.25) is 0 Å². The fourth-order valence-corrected chi connectivity index (χ4v) is 1.43. The number of nitriles is 1. The Bertz CT molecular complexity index is 346. The smallest absolute Gasteiger partial charge is 0.121 e. The quantitative estimate of drug-likeness (QED) is 0.776. The van der Waals surface area contributed by atoms with Crippen molar-refractivity contribution in [2.45, 2.75) is 0 Å². The lowest BCUT2D eigenvalue weighted by Crippen LogP contribution is -2.04. The van der Waals surface area contributed by atoms with E-state index in [2.05, 4.69) is 22.0 Å². The highest BCUT2D eigenvalue weighted by Crippen LogP contribution is 2.20. The molecule has 74 valence electrons. The maximum atomic E-state index is 8.71. The number of hydrogen-bond donors (Lipinski definition) is 0. The first-order chi connectivity index (χ1) is 6.76. The van der Waals surface area contributed by atoms with Gasteiger partial charge in [0.05, 0.1) is 18.2 Å². The highest BCUT2D eigenvalue weighted by atomic mass is 79.9. The summed E-state index contributed by atoms with van der Waals surface area (Å²) in [5, 5.41) is 8.71. The molecule has 3 nitrogen and oxygen atoms in total. The van der Waals surface area contributed by atoms with E-state index in [0.29, 0.717) is 24.5 Å². The Hall–Kier alpha value is -1.05. The molecular weight excluding hydrogens is 246 g/mol. The maximum absolute atomic E-state index is 8.71. The SMILES string of the molecule is COCCOc1cc(Br)cc(C#N)c1. The van der Waals surface area contributed by atoms with Gasteiger partial charge in [-0.1, -0.05) is 15.9 Å². The summed E-state index contributed by atoms with van der Waals surface area (Å²) in [5.41, 5.74) is 0.576. The van der Waals surface area contributed by atoms with Crippen LogP contribution in [0, 0.1) is 11.3 Å². The minimum atomic E-state index is 0.484. The minimum absolute atomic E-state index is 0.484. The lowest BCUT2D eigenvalue weighted by molar-refractivity contribution is 0.146. The van der Waals surface area contributed by atoms with Gasteiger partial charge >= 0.3 is 0 Å². The van der Waals surface area contributed by atoms with Crippen molar-refractivity contribution in [3.05, 3.63) is 28.2 Å². The van der Waals surface area contributed by atoms with Crippen LogP contribution < -0.4 is 4.74 Å². The third-order valence-corrected chi connectivity index (χ3v) is 2.01. The monoisotopic (exact) mass is 255 g/mol. The topological polar surface area (TPSA) is 42.2 Å². The molecule has 0 N–H and O–H groups in total. The molecule has 0 bridgehead atoms. The van der Waals surface area contributed by atoms with Gasteiger partial charge in [0.2, 0.25) is 0 Å². The molecule has 0 saturated heterocycles. The van der Waals surface area contributed by atoms with Crippen molar-refractivity contribution >= 4 is 15.9 Å². The van der Waals surface area contributed by atoms with Crippen LogP contribution in [0.5, 0.6) is 5.75 Å². The Morgan fingerprint density at radius 2 is 2.14 bits per heavy atom. The summed E-state index contributed by atoms with van der Waals surface area (Å²) in [7, 11) is 1.62. The van der Waals surface area contributed by atoms with Crippen molar-refractivity contribution in [2.75, 3.05) is 20.3 Å². The number of ether oxygens (including phenoxy) is 2. The molecule has 0 aliphatic heterocycles. The average Bonchev–Trinajstić information content (AvgIpc) is 2.17. The first-order valence-corrected chi connectivity index (χ1v) is 4.88. The largest absolute Gasteiger partial charge is 0.491 e. The molecule has 0 fully saturated rings. The number of rotatable bonds is 4. The second kappa shape index (κ2) is 5.63. The van der Waals surface area contributed by atoms with Crippen LogP contribution in [0.1, 0.15) is 5.56 Å². The molecule has 0 amide bonds. The van der Waals surface area contributed by atoms with Gasteiger partial charge in [0, 0.05) is 11.6 Å². The van der Waals surface area contributed by atoms with E-state index in [1.54, 1.807) is 19.2 Å². The van der Waals surface area contributed by atoms with Crippen LogP contribution in [0.25, 0.3) is 0 Å². The van der Waals surface area contributed by atoms with E-state index in [0.717, 1.165) is 4.47 Å². The fraction of sp³-hybridized carbons (Fsp3) is 0.300. The molecule has 0 aliphatic carbocycles. The van der Waals surface area contributed by atoms with Crippen molar-refractivity contribution in [3.63, 3.8) is 0 Å². The van der Waals surface area contributed by atoms with E-state index in [-0.39, 0.29) is 0 Å². The molecule has 0 aliphatic rings. The molecule has 0 aromatic heterocycles. The van der Waals surface area contributed by atoms with Crippen LogP contribution in [0.4, 0.5) is 0 Å². The van der Waals surface area contributed by atoms with Crippen molar-refractivity contribution < 1.29 is 9.47 Å². The zero-order valence-electron chi connectivity index (χ0n) is 7.79. The predicted octanol–water partition coefficient (Wildman–Crippen LogP) is 2.35. The fourth-order valence-electron chi connectivity index (χ4n) is 0.953. The molecule has 0 radical (unpaired) electrons. The third kappa shape index (κ3) is 3.36. The molecule has 0 spiro atoms. The van der Waals surface area contributed by atoms with Gasteiger partial charge in [0.25, 0.3) is 0 Å². The minimum Gasteiger partial charge on any atom is -0.491 e. The molecule has 4 heteroatoms. The molecule has 0 atom stereocenters. The Labute approximate surface area is 91.4 Å². The van der Waals surface area contributed by atoms with Gasteiger partial charge in [-0.05, 0) is 18.2 Å². The van der Waals surface area contributed by atoms with E-state index in [9.17, 15) is 0 Å². The summed E-state index contributed by atoms with van der Waals surface area (Å²) in [6, 6.07) is 7.31. The normalized spacial score (nSPS) is 9.50. The molecular formula is C10H10BrNO2. The van der Waals surface area contributed by atoms with Gasteiger partial charge in [0.1, 0.15) is 12.4 Å². The zero-order chi connectivity index (χ0) is 10.4. The second-order valence-electron chi connectivity index (χ2n) is 2.63. The predicted molar refractivity (Wildman–Crippen MR) is 56.2 cm³/mol. The molecule has 0 unspecified atom stereocenters. The summed E-state index contributed by atoms with van der Waals surface area (Å²) >= 11 is 3.30. The second-order valence-corrected chi connectivity index (χ2v) is 3.54. The van der Waals surface area contributed by atoms with Gasteiger partial charge in [0.15, 0.2) is 0 Å². The van der Waals surface area contributed by atoms with Crippen LogP contribution in [0.2, 0.25) is 0 Å². The standard InChI is InChI=1S/C10H10BrNO2/c1-13-2-3-14-10-5-8(7-12)4-9(11)6-10/h4-6H,2-3H2,1H3. The number of hydrogen-bond acceptors (Lipinski definition) is 3. The first-order valence-electron chi connectivity index (χ1n) is 4.08. The average molecular weight is 256 g/mol. The summed E-state index contributed by atoms with van der Waals surface area (Å²) in [5.74, 6) is 0.674. The summed E-state index contributed by atoms with van der Waals surface area (Å²) < 4.78 is 11.0. The molecule has 1 aromatic rings. The first kappa shape index (κ1) is 11.0. The molecule has 1 aromatic carbocycles. The zero-order valence-corrected chi connectivity index (χ0v) is 9.37. The lowest BCUT2D eigenvalue weighted by atomic mass is 10.2. The number of nitrogens with zero attached hydrogens (tertiary/aromatic N) is 1. The van der Waals surface area contributed by atoms with Crippen LogP contribution in [-0.4, -0.2) is 20.3 Å². The van der Waals surface area contributed by atoms with E-state index in [1.807, 2.05) is 6.07 Å². The van der Waals surface area contributed by atoms with Crippen molar-refractivity contribution in [3.8, 4) is 11.8 Å². The molecule has 14 heavy (non-hydrogen) atoms. The van der Waals surface area contributed by atoms with Crippen molar-refractivity contribution in [2.24, 2.45) is 0 Å². The van der Waals surface area contributed by atoms with Gasteiger partial charge < -0.3 is 9.47 Å². The third-order valence-electron chi connectivity index (χ3n) is 1.56. The number of benzene rings is 1. The molecule has 1 rings (SSSR count). The maximum Gasteiger partial charge on any atom is 0.121 e. The highest BCUT2D eigenvalue weighted by Gasteiger charge is 1.99. The van der Waals surface area contributed by atoms with Crippen LogP contribution in [0.3, 0.4) is 0 Å². The van der Waals surface area contributed by atoms with Crippen molar-refractivity contribution in [1.82, 2.24) is 0 Å². The van der Waals surface area contributed by atoms with Crippen LogP contribution >= 0.6 is 15.9 Å². The van der Waals surface area contributed by atoms with E-state index < -0.39 is 0 Å². The lowest BCUT2D eigenvalue weighted by Gasteiger charge is -2.05. The van der Waals surface area contributed by atoms with E-state index in [4.69, 9.17) is 14.7 Å².